The molecule has 0 aliphatic heterocycles. The molecule has 0 bridgehead atoms. The number of aromatic nitrogens is 2. The van der Waals surface area contributed by atoms with E-state index in [-0.39, 0.29) is 5.82 Å². The highest BCUT2D eigenvalue weighted by molar-refractivity contribution is 7.98. The van der Waals surface area contributed by atoms with E-state index in [4.69, 9.17) is 5.73 Å². The minimum atomic E-state index is -0.219. The van der Waals surface area contributed by atoms with E-state index in [1.807, 2.05) is 13.2 Å². The number of benzene rings is 1. The Balaban J connectivity index is 2.10. The zero-order valence-electron chi connectivity index (χ0n) is 9.56. The fraction of sp³-hybridized carbons (Fsp3) is 0.250. The third-order valence-corrected chi connectivity index (χ3v) is 3.46. The molecule has 0 fully saturated rings. The summed E-state index contributed by atoms with van der Waals surface area (Å²) in [4.78, 5) is 1.07. The van der Waals surface area contributed by atoms with Gasteiger partial charge in [-0.1, -0.05) is 6.07 Å². The van der Waals surface area contributed by atoms with Crippen molar-refractivity contribution >= 4 is 11.8 Å². The fourth-order valence-corrected chi connectivity index (χ4v) is 2.50. The van der Waals surface area contributed by atoms with E-state index in [2.05, 4.69) is 5.10 Å². The highest BCUT2D eigenvalue weighted by Gasteiger charge is 2.05. The molecule has 2 aromatic rings. The topological polar surface area (TPSA) is 43.8 Å². The van der Waals surface area contributed by atoms with Crippen molar-refractivity contribution in [3.63, 3.8) is 0 Å². The summed E-state index contributed by atoms with van der Waals surface area (Å²) in [5.41, 5.74) is 7.56. The molecular formula is C12H14FN3S. The molecule has 0 aliphatic rings. The third kappa shape index (κ3) is 3.08. The number of nitrogens with two attached hydrogens (primary N) is 1. The number of thioether (sulfide) groups is 1. The summed E-state index contributed by atoms with van der Waals surface area (Å²) in [6.07, 6.45) is 3.73. The summed E-state index contributed by atoms with van der Waals surface area (Å²) in [7, 11) is 1.87. The van der Waals surface area contributed by atoms with Crippen molar-refractivity contribution in [3.8, 4) is 0 Å². The largest absolute Gasteiger partial charge is 0.326 e. The van der Waals surface area contributed by atoms with Crippen LogP contribution in [0.5, 0.6) is 0 Å². The first-order valence-electron chi connectivity index (χ1n) is 5.28. The Kier molecular flexibility index (Phi) is 3.81. The molecule has 2 N–H and O–H groups in total. The average molecular weight is 251 g/mol. The Labute approximate surface area is 104 Å². The normalized spacial score (nSPS) is 10.8. The highest BCUT2D eigenvalue weighted by Crippen LogP contribution is 2.24. The molecule has 0 amide bonds. The zero-order chi connectivity index (χ0) is 12.3. The van der Waals surface area contributed by atoms with Gasteiger partial charge in [-0.2, -0.15) is 5.10 Å². The van der Waals surface area contributed by atoms with E-state index in [9.17, 15) is 4.39 Å². The number of hydrogen-bond donors (Lipinski definition) is 1. The average Bonchev–Trinajstić information content (AvgIpc) is 2.73. The number of halogens is 1. The van der Waals surface area contributed by atoms with Crippen LogP contribution in [-0.2, 0) is 19.3 Å². The van der Waals surface area contributed by atoms with Crippen LogP contribution in [0.25, 0.3) is 0 Å². The summed E-state index contributed by atoms with van der Waals surface area (Å²) in [5.74, 6) is 0.486. The van der Waals surface area contributed by atoms with Crippen LogP contribution < -0.4 is 5.73 Å². The maximum absolute atomic E-state index is 13.1. The SMILES string of the molecule is Cn1cc(SCc2cc(F)ccc2CN)cn1. The Hall–Kier alpha value is -1.33. The van der Waals surface area contributed by atoms with E-state index in [1.165, 1.54) is 6.07 Å². The summed E-state index contributed by atoms with van der Waals surface area (Å²) < 4.78 is 14.9. The van der Waals surface area contributed by atoms with Crippen LogP contribution >= 0.6 is 11.8 Å². The molecule has 2 rings (SSSR count). The lowest BCUT2D eigenvalue weighted by Crippen LogP contribution is -2.01. The molecule has 90 valence electrons. The number of hydrogen-bond acceptors (Lipinski definition) is 3. The van der Waals surface area contributed by atoms with Gasteiger partial charge >= 0.3 is 0 Å². The van der Waals surface area contributed by atoms with Crippen LogP contribution in [-0.4, -0.2) is 9.78 Å². The molecule has 0 unspecified atom stereocenters. The summed E-state index contributed by atoms with van der Waals surface area (Å²) >= 11 is 1.63. The maximum atomic E-state index is 13.1. The van der Waals surface area contributed by atoms with E-state index >= 15 is 0 Å². The first-order chi connectivity index (χ1) is 8.19. The van der Waals surface area contributed by atoms with Crippen LogP contribution in [0.1, 0.15) is 11.1 Å². The van der Waals surface area contributed by atoms with E-state index in [0.717, 1.165) is 16.0 Å². The van der Waals surface area contributed by atoms with Gasteiger partial charge in [0.1, 0.15) is 5.82 Å². The van der Waals surface area contributed by atoms with E-state index in [1.54, 1.807) is 34.8 Å². The van der Waals surface area contributed by atoms with E-state index < -0.39 is 0 Å². The van der Waals surface area contributed by atoms with Gasteiger partial charge in [0.25, 0.3) is 0 Å². The van der Waals surface area contributed by atoms with Crippen LogP contribution in [0.3, 0.4) is 0 Å². The van der Waals surface area contributed by atoms with Gasteiger partial charge in [0.05, 0.1) is 6.20 Å². The van der Waals surface area contributed by atoms with Gasteiger partial charge in [0.2, 0.25) is 0 Å². The maximum Gasteiger partial charge on any atom is 0.123 e. The predicted octanol–water partition coefficient (Wildman–Crippen LogP) is 2.31. The summed E-state index contributed by atoms with van der Waals surface area (Å²) in [5, 5.41) is 4.09. The Morgan fingerprint density at radius 2 is 2.24 bits per heavy atom. The lowest BCUT2D eigenvalue weighted by atomic mass is 10.1. The molecule has 0 saturated heterocycles. The molecule has 0 aliphatic carbocycles. The first kappa shape index (κ1) is 12.1. The third-order valence-electron chi connectivity index (χ3n) is 2.46. The Bertz CT molecular complexity index is 510. The molecule has 5 heteroatoms. The molecule has 0 saturated carbocycles. The van der Waals surface area contributed by atoms with Gasteiger partial charge in [-0.05, 0) is 23.3 Å². The van der Waals surface area contributed by atoms with Gasteiger partial charge in [0, 0.05) is 30.4 Å². The van der Waals surface area contributed by atoms with Gasteiger partial charge in [-0.25, -0.2) is 4.39 Å². The standard InChI is InChI=1S/C12H14FN3S/c1-16-7-12(6-15-16)17-8-10-4-11(13)3-2-9(10)5-14/h2-4,6-7H,5,8,14H2,1H3. The van der Waals surface area contributed by atoms with Gasteiger partial charge < -0.3 is 5.73 Å². The van der Waals surface area contributed by atoms with Crippen molar-refractivity contribution in [2.45, 2.75) is 17.2 Å². The van der Waals surface area contributed by atoms with Crippen molar-refractivity contribution in [2.75, 3.05) is 0 Å². The summed E-state index contributed by atoms with van der Waals surface area (Å²) in [6, 6.07) is 4.74. The molecule has 1 aromatic carbocycles. The van der Waals surface area contributed by atoms with Gasteiger partial charge in [-0.15, -0.1) is 11.8 Å². The highest BCUT2D eigenvalue weighted by atomic mass is 32.2. The zero-order valence-corrected chi connectivity index (χ0v) is 10.4. The Morgan fingerprint density at radius 3 is 2.88 bits per heavy atom. The molecule has 3 nitrogen and oxygen atoms in total. The van der Waals surface area contributed by atoms with Gasteiger partial charge in [-0.3, -0.25) is 4.68 Å². The number of rotatable bonds is 4. The lowest BCUT2D eigenvalue weighted by molar-refractivity contribution is 0.625. The van der Waals surface area contributed by atoms with Crippen LogP contribution in [0.2, 0.25) is 0 Å². The monoisotopic (exact) mass is 251 g/mol. The molecule has 0 spiro atoms. The summed E-state index contributed by atoms with van der Waals surface area (Å²) in [6.45, 7) is 0.434. The molecule has 17 heavy (non-hydrogen) atoms. The smallest absolute Gasteiger partial charge is 0.123 e. The second-order valence-electron chi connectivity index (χ2n) is 3.76. The molecule has 0 atom stereocenters. The Morgan fingerprint density at radius 1 is 1.41 bits per heavy atom. The van der Waals surface area contributed by atoms with Crippen molar-refractivity contribution in [1.29, 1.82) is 0 Å². The minimum Gasteiger partial charge on any atom is -0.326 e. The minimum absolute atomic E-state index is 0.219. The van der Waals surface area contributed by atoms with Gasteiger partial charge in [0.15, 0.2) is 0 Å². The van der Waals surface area contributed by atoms with Crippen molar-refractivity contribution in [2.24, 2.45) is 12.8 Å². The molecule has 0 radical (unpaired) electrons. The second kappa shape index (κ2) is 5.33. The molecular weight excluding hydrogens is 237 g/mol. The molecule has 1 aromatic heterocycles. The van der Waals surface area contributed by atoms with Crippen LogP contribution in [0.15, 0.2) is 35.5 Å². The number of nitrogens with zero attached hydrogens (tertiary/aromatic N) is 2. The fourth-order valence-electron chi connectivity index (χ4n) is 1.56. The second-order valence-corrected chi connectivity index (χ2v) is 4.80. The molecule has 1 heterocycles. The quantitative estimate of drug-likeness (QED) is 0.848. The predicted molar refractivity (Wildman–Crippen MR) is 67.1 cm³/mol. The van der Waals surface area contributed by atoms with Crippen molar-refractivity contribution in [1.82, 2.24) is 9.78 Å². The number of aryl methyl sites for hydroxylation is 1. The van der Waals surface area contributed by atoms with Crippen LogP contribution in [0.4, 0.5) is 4.39 Å². The lowest BCUT2D eigenvalue weighted by Gasteiger charge is -2.06. The van der Waals surface area contributed by atoms with Crippen molar-refractivity contribution < 1.29 is 4.39 Å². The first-order valence-corrected chi connectivity index (χ1v) is 6.26. The van der Waals surface area contributed by atoms with E-state index in [0.29, 0.717) is 12.3 Å². The van der Waals surface area contributed by atoms with Crippen molar-refractivity contribution in [3.05, 3.63) is 47.5 Å². The van der Waals surface area contributed by atoms with Crippen LogP contribution in [0, 0.1) is 5.82 Å².